The minimum Gasteiger partial charge on any atom is -0.330 e. The van der Waals surface area contributed by atoms with Crippen molar-refractivity contribution in [2.45, 2.75) is 26.2 Å². The number of nitrogens with two attached hydrogens (primary N) is 1. The van der Waals surface area contributed by atoms with E-state index in [1.54, 1.807) is 6.92 Å². The van der Waals surface area contributed by atoms with Crippen LogP contribution >= 0.6 is 0 Å². The van der Waals surface area contributed by atoms with Crippen LogP contribution in [-0.2, 0) is 9.59 Å². The topological polar surface area (TPSA) is 84.2 Å². The number of nitrogens with one attached hydrogen (secondary N) is 2. The van der Waals surface area contributed by atoms with Crippen molar-refractivity contribution >= 4 is 23.2 Å². The number of rotatable bonds is 6. The molecule has 1 aromatic rings. The highest BCUT2D eigenvalue weighted by atomic mass is 19.1. The van der Waals surface area contributed by atoms with Crippen molar-refractivity contribution in [1.82, 2.24) is 0 Å². The first kappa shape index (κ1) is 15.1. The van der Waals surface area contributed by atoms with E-state index in [4.69, 9.17) is 5.73 Å². The number of hydrogen-bond acceptors (Lipinski definition) is 3. The van der Waals surface area contributed by atoms with Gasteiger partial charge in [0.2, 0.25) is 11.8 Å². The molecule has 0 aromatic heterocycles. The van der Waals surface area contributed by atoms with Crippen molar-refractivity contribution in [3.63, 3.8) is 0 Å². The zero-order valence-corrected chi connectivity index (χ0v) is 10.8. The Bertz CT molecular complexity index is 463. The van der Waals surface area contributed by atoms with Gasteiger partial charge in [0.25, 0.3) is 0 Å². The summed E-state index contributed by atoms with van der Waals surface area (Å²) < 4.78 is 13.2. The third-order valence-electron chi connectivity index (χ3n) is 2.46. The Morgan fingerprint density at radius 1 is 1.21 bits per heavy atom. The maximum atomic E-state index is 13.2. The third-order valence-corrected chi connectivity index (χ3v) is 2.46. The van der Waals surface area contributed by atoms with E-state index in [0.29, 0.717) is 25.1 Å². The van der Waals surface area contributed by atoms with E-state index >= 15 is 0 Å². The second-order valence-electron chi connectivity index (χ2n) is 4.03. The van der Waals surface area contributed by atoms with Crippen LogP contribution in [0.2, 0.25) is 0 Å². The highest BCUT2D eigenvalue weighted by Gasteiger charge is 2.10. The lowest BCUT2D eigenvalue weighted by Crippen LogP contribution is -2.17. The normalized spacial score (nSPS) is 10.1. The number of carbonyl (C=O) groups excluding carboxylic acids is 2. The van der Waals surface area contributed by atoms with Crippen LogP contribution in [0, 0.1) is 5.82 Å². The maximum Gasteiger partial charge on any atom is 0.224 e. The summed E-state index contributed by atoms with van der Waals surface area (Å²) in [5, 5.41) is 5.17. The molecule has 0 aliphatic heterocycles. The average Bonchev–Trinajstić information content (AvgIpc) is 2.39. The van der Waals surface area contributed by atoms with Gasteiger partial charge < -0.3 is 16.4 Å². The van der Waals surface area contributed by atoms with Crippen LogP contribution in [0.15, 0.2) is 18.2 Å². The lowest BCUT2D eigenvalue weighted by molar-refractivity contribution is -0.117. The SMILES string of the molecule is CCC(=O)Nc1ccc(F)cc1NC(=O)CCCN. The zero-order chi connectivity index (χ0) is 14.3. The second-order valence-corrected chi connectivity index (χ2v) is 4.03. The standard InChI is InChI=1S/C13H18FN3O2/c1-2-12(18)16-10-6-5-9(14)8-11(10)17-13(19)4-3-7-15/h5-6,8H,2-4,7,15H2,1H3,(H,16,18)(H,17,19). The van der Waals surface area contributed by atoms with Gasteiger partial charge in [-0.25, -0.2) is 4.39 Å². The summed E-state index contributed by atoms with van der Waals surface area (Å²) in [7, 11) is 0. The van der Waals surface area contributed by atoms with Crippen molar-refractivity contribution in [3.8, 4) is 0 Å². The van der Waals surface area contributed by atoms with Gasteiger partial charge in [-0.05, 0) is 31.2 Å². The van der Waals surface area contributed by atoms with Crippen LogP contribution in [0.25, 0.3) is 0 Å². The van der Waals surface area contributed by atoms with Crippen molar-refractivity contribution in [3.05, 3.63) is 24.0 Å². The van der Waals surface area contributed by atoms with Crippen molar-refractivity contribution in [2.24, 2.45) is 5.73 Å². The predicted octanol–water partition coefficient (Wildman–Crippen LogP) is 1.85. The summed E-state index contributed by atoms with van der Waals surface area (Å²) in [5.41, 5.74) is 5.95. The van der Waals surface area contributed by atoms with E-state index in [-0.39, 0.29) is 23.9 Å². The molecule has 0 bridgehead atoms. The Labute approximate surface area is 111 Å². The highest BCUT2D eigenvalue weighted by Crippen LogP contribution is 2.23. The molecule has 5 nitrogen and oxygen atoms in total. The first-order valence-corrected chi connectivity index (χ1v) is 6.16. The van der Waals surface area contributed by atoms with Gasteiger partial charge in [-0.2, -0.15) is 0 Å². The Hall–Kier alpha value is -1.95. The van der Waals surface area contributed by atoms with E-state index in [2.05, 4.69) is 10.6 Å². The largest absolute Gasteiger partial charge is 0.330 e. The van der Waals surface area contributed by atoms with E-state index in [1.807, 2.05) is 0 Å². The van der Waals surface area contributed by atoms with Gasteiger partial charge >= 0.3 is 0 Å². The summed E-state index contributed by atoms with van der Waals surface area (Å²) >= 11 is 0. The molecule has 0 unspecified atom stereocenters. The summed E-state index contributed by atoms with van der Waals surface area (Å²) in [6.07, 6.45) is 1.11. The maximum absolute atomic E-state index is 13.2. The molecule has 0 atom stereocenters. The number of benzene rings is 1. The van der Waals surface area contributed by atoms with Crippen molar-refractivity contribution in [1.29, 1.82) is 0 Å². The smallest absolute Gasteiger partial charge is 0.224 e. The van der Waals surface area contributed by atoms with E-state index < -0.39 is 5.82 Å². The molecule has 0 saturated carbocycles. The van der Waals surface area contributed by atoms with Gasteiger partial charge in [-0.15, -0.1) is 0 Å². The van der Waals surface area contributed by atoms with E-state index in [0.717, 1.165) is 0 Å². The fourth-order valence-corrected chi connectivity index (χ4v) is 1.44. The second kappa shape index (κ2) is 7.48. The third kappa shape index (κ3) is 5.05. The van der Waals surface area contributed by atoms with E-state index in [1.165, 1.54) is 18.2 Å². The molecule has 104 valence electrons. The van der Waals surface area contributed by atoms with Crippen LogP contribution in [0.4, 0.5) is 15.8 Å². The van der Waals surface area contributed by atoms with Gasteiger partial charge in [0, 0.05) is 12.8 Å². The average molecular weight is 267 g/mol. The highest BCUT2D eigenvalue weighted by molar-refractivity contribution is 5.99. The molecule has 0 heterocycles. The number of anilines is 2. The molecule has 0 fully saturated rings. The van der Waals surface area contributed by atoms with Crippen LogP contribution in [0.1, 0.15) is 26.2 Å². The molecule has 1 rings (SSSR count). The van der Waals surface area contributed by atoms with Gasteiger partial charge in [0.1, 0.15) is 5.82 Å². The fraction of sp³-hybridized carbons (Fsp3) is 0.385. The molecular weight excluding hydrogens is 249 g/mol. The number of carbonyl (C=O) groups is 2. The molecular formula is C13H18FN3O2. The predicted molar refractivity (Wildman–Crippen MR) is 72.2 cm³/mol. The minimum absolute atomic E-state index is 0.205. The lowest BCUT2D eigenvalue weighted by Gasteiger charge is -2.12. The number of amides is 2. The quantitative estimate of drug-likeness (QED) is 0.735. The molecule has 4 N–H and O–H groups in total. The Morgan fingerprint density at radius 2 is 1.89 bits per heavy atom. The molecule has 0 radical (unpaired) electrons. The molecule has 0 aliphatic carbocycles. The monoisotopic (exact) mass is 267 g/mol. The van der Waals surface area contributed by atoms with Gasteiger partial charge in [-0.1, -0.05) is 6.92 Å². The van der Waals surface area contributed by atoms with Gasteiger partial charge in [0.05, 0.1) is 11.4 Å². The molecule has 19 heavy (non-hydrogen) atoms. The molecule has 0 saturated heterocycles. The first-order valence-electron chi connectivity index (χ1n) is 6.16. The Morgan fingerprint density at radius 3 is 2.53 bits per heavy atom. The Balaban J connectivity index is 2.81. The van der Waals surface area contributed by atoms with Gasteiger partial charge in [-0.3, -0.25) is 9.59 Å². The summed E-state index contributed by atoms with van der Waals surface area (Å²) in [4.78, 5) is 22.9. The molecule has 0 aliphatic rings. The van der Waals surface area contributed by atoms with Crippen molar-refractivity contribution in [2.75, 3.05) is 17.2 Å². The fourth-order valence-electron chi connectivity index (χ4n) is 1.44. The Kier molecular flexibility index (Phi) is 5.95. The zero-order valence-electron chi connectivity index (χ0n) is 10.8. The van der Waals surface area contributed by atoms with Gasteiger partial charge in [0.15, 0.2) is 0 Å². The molecule has 6 heteroatoms. The molecule has 2 amide bonds. The van der Waals surface area contributed by atoms with Crippen LogP contribution in [-0.4, -0.2) is 18.4 Å². The van der Waals surface area contributed by atoms with Crippen LogP contribution in [0.3, 0.4) is 0 Å². The van der Waals surface area contributed by atoms with Crippen LogP contribution < -0.4 is 16.4 Å². The number of hydrogen-bond donors (Lipinski definition) is 3. The molecule has 1 aromatic carbocycles. The number of halogens is 1. The van der Waals surface area contributed by atoms with E-state index in [9.17, 15) is 14.0 Å². The molecule has 0 spiro atoms. The first-order chi connectivity index (χ1) is 9.06. The lowest BCUT2D eigenvalue weighted by atomic mass is 10.2. The van der Waals surface area contributed by atoms with Crippen molar-refractivity contribution < 1.29 is 14.0 Å². The summed E-state index contributed by atoms with van der Waals surface area (Å²) in [6, 6.07) is 3.81. The summed E-state index contributed by atoms with van der Waals surface area (Å²) in [6.45, 7) is 2.12. The van der Waals surface area contributed by atoms with Crippen LogP contribution in [0.5, 0.6) is 0 Å². The summed E-state index contributed by atoms with van der Waals surface area (Å²) in [5.74, 6) is -0.948. The minimum atomic E-state index is -0.483.